The van der Waals surface area contributed by atoms with E-state index in [0.29, 0.717) is 11.1 Å². The van der Waals surface area contributed by atoms with Crippen molar-refractivity contribution in [2.24, 2.45) is 16.5 Å². The predicted octanol–water partition coefficient (Wildman–Crippen LogP) is 0.662. The monoisotopic (exact) mass is 635 g/mol. The van der Waals surface area contributed by atoms with Crippen LogP contribution in [0, 0.1) is 0 Å². The smallest absolute Gasteiger partial charge is 0.335 e. The molecule has 1 aromatic heterocycles. The number of aliphatic hydroxyl groups is 3. The van der Waals surface area contributed by atoms with E-state index in [4.69, 9.17) is 25.4 Å². The number of hydrogen-bond acceptors (Lipinski definition) is 12. The molecule has 5 unspecified atom stereocenters. The molecule has 4 aromatic rings. The summed E-state index contributed by atoms with van der Waals surface area (Å²) >= 11 is 0. The molecule has 0 radical (unpaired) electrons. The zero-order valence-electron chi connectivity index (χ0n) is 23.7. The van der Waals surface area contributed by atoms with E-state index < -0.39 is 76.7 Å². The molecule has 240 valence electrons. The maximum atomic E-state index is 13.2. The summed E-state index contributed by atoms with van der Waals surface area (Å²) in [6, 6.07) is 15.6. The van der Waals surface area contributed by atoms with Gasteiger partial charge in [0, 0.05) is 17.7 Å². The number of carboxylic acids is 1. The summed E-state index contributed by atoms with van der Waals surface area (Å²) in [6.07, 6.45) is -5.24. The summed E-state index contributed by atoms with van der Waals surface area (Å²) in [5.74, 6) is -5.00. The fraction of sp³-hybridized carbons (Fsp3) is 0.194. The first-order chi connectivity index (χ1) is 21.8. The highest BCUT2D eigenvalue weighted by atomic mass is 16.7. The quantitative estimate of drug-likeness (QED) is 0.0557. The Morgan fingerprint density at radius 1 is 0.978 bits per heavy atom. The molecule has 2 heterocycles. The Morgan fingerprint density at radius 3 is 2.37 bits per heavy atom. The minimum Gasteiger partial charge on any atom is -0.508 e. The van der Waals surface area contributed by atoms with E-state index in [1.165, 1.54) is 18.2 Å². The van der Waals surface area contributed by atoms with Crippen LogP contribution >= 0.6 is 0 Å². The fourth-order valence-electron chi connectivity index (χ4n) is 4.94. The molecule has 15 nitrogen and oxygen atoms in total. The number of guanidine groups is 1. The van der Waals surface area contributed by atoms with Crippen molar-refractivity contribution < 1.29 is 54.4 Å². The number of nitrogens with zero attached hydrogens (tertiary/aromatic N) is 1. The van der Waals surface area contributed by atoms with Gasteiger partial charge >= 0.3 is 5.97 Å². The Hall–Kier alpha value is -5.61. The number of rotatable bonds is 8. The molecule has 1 aliphatic heterocycles. The zero-order chi connectivity index (χ0) is 33.3. The van der Waals surface area contributed by atoms with Gasteiger partial charge in [0.2, 0.25) is 12.0 Å². The number of carboxylic acid groups (broad SMARTS) is 1. The molecule has 15 heteroatoms. The van der Waals surface area contributed by atoms with Gasteiger partial charge in [-0.3, -0.25) is 9.79 Å². The van der Waals surface area contributed by atoms with Crippen LogP contribution in [0.5, 0.6) is 23.0 Å². The number of aliphatic hydroxyl groups excluding tert-OH is 2. The van der Waals surface area contributed by atoms with Crippen molar-refractivity contribution in [3.05, 3.63) is 82.0 Å². The third-order valence-electron chi connectivity index (χ3n) is 7.34. The Kier molecular flexibility index (Phi) is 8.58. The molecule has 5 atom stereocenters. The number of aliphatic imine (C=N–C) groups is 1. The molecular weight excluding hydrogens is 606 g/mol. The third-order valence-corrected chi connectivity index (χ3v) is 7.34. The molecule has 11 N–H and O–H groups in total. The van der Waals surface area contributed by atoms with Gasteiger partial charge in [0.15, 0.2) is 29.0 Å². The van der Waals surface area contributed by atoms with Crippen LogP contribution in [0.3, 0.4) is 0 Å². The van der Waals surface area contributed by atoms with Crippen LogP contribution in [0.4, 0.5) is 0 Å². The van der Waals surface area contributed by atoms with E-state index >= 15 is 0 Å². The normalized spacial score (nSPS) is 22.9. The first-order valence-corrected chi connectivity index (χ1v) is 13.6. The van der Waals surface area contributed by atoms with Crippen LogP contribution in [-0.4, -0.2) is 84.4 Å². The Bertz CT molecular complexity index is 1900. The molecule has 3 aromatic carbocycles. The number of aliphatic carboxylic acids is 1. The van der Waals surface area contributed by atoms with Crippen LogP contribution in [0.1, 0.15) is 11.1 Å². The Labute approximate surface area is 259 Å². The van der Waals surface area contributed by atoms with Crippen molar-refractivity contribution in [1.29, 1.82) is 0 Å². The van der Waals surface area contributed by atoms with E-state index in [0.717, 1.165) is 17.7 Å². The second-order valence-electron chi connectivity index (χ2n) is 10.4. The zero-order valence-corrected chi connectivity index (χ0v) is 23.7. The van der Waals surface area contributed by atoms with Gasteiger partial charge < -0.3 is 61.1 Å². The second-order valence-corrected chi connectivity index (χ2v) is 10.4. The average molecular weight is 636 g/mol. The minimum absolute atomic E-state index is 0.00382. The van der Waals surface area contributed by atoms with Crippen molar-refractivity contribution in [3.63, 3.8) is 0 Å². The van der Waals surface area contributed by atoms with Crippen molar-refractivity contribution in [3.8, 4) is 34.3 Å². The topological polar surface area (TPSA) is 272 Å². The summed E-state index contributed by atoms with van der Waals surface area (Å²) in [6.45, 7) is -0.870. The van der Waals surface area contributed by atoms with Crippen LogP contribution in [0.15, 0.2) is 74.9 Å². The SMILES string of the molecule is NC(N)=NCC1(O)C(O)C(Oc2cc3oc(-c4ccc(O)cc4C=Cc4ccccc4)cc(=O)c3c(O)c2O)OC(C(=O)O)C1O. The van der Waals surface area contributed by atoms with Gasteiger partial charge in [-0.1, -0.05) is 42.5 Å². The van der Waals surface area contributed by atoms with Gasteiger partial charge in [-0.2, -0.15) is 0 Å². The lowest BCUT2D eigenvalue weighted by atomic mass is 9.84. The highest BCUT2D eigenvalue weighted by Crippen LogP contribution is 2.43. The highest BCUT2D eigenvalue weighted by Gasteiger charge is 2.58. The number of carbonyl (C=O) groups is 1. The minimum atomic E-state index is -2.72. The van der Waals surface area contributed by atoms with Crippen molar-refractivity contribution in [2.45, 2.75) is 30.2 Å². The van der Waals surface area contributed by atoms with Crippen molar-refractivity contribution in [2.75, 3.05) is 6.54 Å². The first-order valence-electron chi connectivity index (χ1n) is 13.6. The van der Waals surface area contributed by atoms with Crippen molar-refractivity contribution >= 4 is 35.1 Å². The largest absolute Gasteiger partial charge is 0.508 e. The van der Waals surface area contributed by atoms with E-state index in [1.54, 1.807) is 12.2 Å². The average Bonchev–Trinajstić information content (AvgIpc) is 3.01. The molecule has 0 bridgehead atoms. The third kappa shape index (κ3) is 6.02. The number of phenols is 3. The van der Waals surface area contributed by atoms with E-state index in [-0.39, 0.29) is 17.1 Å². The van der Waals surface area contributed by atoms with Gasteiger partial charge in [-0.25, -0.2) is 4.79 Å². The second kappa shape index (κ2) is 12.4. The van der Waals surface area contributed by atoms with Crippen LogP contribution < -0.4 is 21.6 Å². The summed E-state index contributed by atoms with van der Waals surface area (Å²) in [7, 11) is 0. The molecular formula is C31H29N3O12. The van der Waals surface area contributed by atoms with E-state index in [9.17, 15) is 45.3 Å². The number of nitrogens with two attached hydrogens (primary N) is 2. The van der Waals surface area contributed by atoms with E-state index in [1.807, 2.05) is 30.3 Å². The molecule has 46 heavy (non-hydrogen) atoms. The Balaban J connectivity index is 1.57. The van der Waals surface area contributed by atoms with Crippen LogP contribution in [-0.2, 0) is 9.53 Å². The predicted molar refractivity (Wildman–Crippen MR) is 163 cm³/mol. The number of benzene rings is 3. The van der Waals surface area contributed by atoms with Crippen LogP contribution in [0.25, 0.3) is 34.4 Å². The van der Waals surface area contributed by atoms with Crippen LogP contribution in [0.2, 0.25) is 0 Å². The maximum absolute atomic E-state index is 13.2. The molecule has 0 aliphatic carbocycles. The molecule has 1 saturated heterocycles. The number of phenolic OH excluding ortho intramolecular Hbond substituents is 3. The van der Waals surface area contributed by atoms with Gasteiger partial charge in [-0.05, 0) is 29.3 Å². The van der Waals surface area contributed by atoms with Gasteiger partial charge in [0.1, 0.15) is 40.3 Å². The number of ether oxygens (including phenoxy) is 2. The summed E-state index contributed by atoms with van der Waals surface area (Å²) in [5.41, 5.74) is 8.47. The Morgan fingerprint density at radius 2 is 1.70 bits per heavy atom. The molecule has 0 amide bonds. The summed E-state index contributed by atoms with van der Waals surface area (Å²) < 4.78 is 16.6. The molecule has 1 fully saturated rings. The van der Waals surface area contributed by atoms with Gasteiger partial charge in [-0.15, -0.1) is 0 Å². The molecule has 0 spiro atoms. The fourth-order valence-corrected chi connectivity index (χ4v) is 4.94. The van der Waals surface area contributed by atoms with E-state index in [2.05, 4.69) is 4.99 Å². The standard InChI is InChI=1S/C31H29N3O12/c32-30(33)34-13-31(43)26(39)25(28(41)42)46-29(27(31)40)45-21-12-20-22(24(38)23(21)37)18(36)11-19(44-20)17-9-8-16(35)10-15(17)7-6-14-4-2-1-3-5-14/h1-12,25-27,29,35,37-40,43H,13H2,(H,41,42)(H4,32,33,34). The molecule has 0 saturated carbocycles. The highest BCUT2D eigenvalue weighted by molar-refractivity contribution is 5.90. The summed E-state index contributed by atoms with van der Waals surface area (Å²) in [5, 5.41) is 73.1. The molecule has 5 rings (SSSR count). The lowest BCUT2D eigenvalue weighted by Gasteiger charge is -2.45. The number of hydrogen-bond donors (Lipinski definition) is 9. The van der Waals surface area contributed by atoms with Gasteiger partial charge in [0.25, 0.3) is 0 Å². The number of fused-ring (bicyclic) bond motifs is 1. The maximum Gasteiger partial charge on any atom is 0.335 e. The summed E-state index contributed by atoms with van der Waals surface area (Å²) in [4.78, 5) is 28.5. The number of aromatic hydroxyl groups is 3. The lowest BCUT2D eigenvalue weighted by Crippen LogP contribution is -2.70. The lowest BCUT2D eigenvalue weighted by molar-refractivity contribution is -0.303. The van der Waals surface area contributed by atoms with Crippen molar-refractivity contribution in [1.82, 2.24) is 0 Å². The van der Waals surface area contributed by atoms with Gasteiger partial charge in [0.05, 0.1) is 6.54 Å². The first kappa shape index (κ1) is 31.8. The molecule has 1 aliphatic rings.